The molecule has 0 aromatic carbocycles. The van der Waals surface area contributed by atoms with E-state index in [-0.39, 0.29) is 11.9 Å². The summed E-state index contributed by atoms with van der Waals surface area (Å²) in [6.45, 7) is 4.44. The second-order valence-corrected chi connectivity index (χ2v) is 4.81. The van der Waals surface area contributed by atoms with Crippen LogP contribution >= 0.6 is 0 Å². The van der Waals surface area contributed by atoms with E-state index >= 15 is 0 Å². The Labute approximate surface area is 110 Å². The van der Waals surface area contributed by atoms with Crippen LogP contribution < -0.4 is 10.6 Å². The number of nitrogens with one attached hydrogen (secondary N) is 2. The first kappa shape index (κ1) is 14.0. The van der Waals surface area contributed by atoms with Gasteiger partial charge >= 0.3 is 6.18 Å². The van der Waals surface area contributed by atoms with Crippen molar-refractivity contribution in [3.05, 3.63) is 17.7 Å². The van der Waals surface area contributed by atoms with Crippen molar-refractivity contribution in [1.29, 1.82) is 0 Å². The highest BCUT2D eigenvalue weighted by Crippen LogP contribution is 2.37. The molecule has 2 rings (SSSR count). The molecule has 0 amide bonds. The SMILES string of the molecule is CCNc1cc(C(F)(F)F)cc(NC2CC2CC)n1. The van der Waals surface area contributed by atoms with Crippen molar-refractivity contribution in [3.8, 4) is 0 Å². The van der Waals surface area contributed by atoms with E-state index in [1.807, 2.05) is 6.92 Å². The predicted octanol–water partition coefficient (Wildman–Crippen LogP) is 3.74. The van der Waals surface area contributed by atoms with Crippen LogP contribution in [0, 0.1) is 5.92 Å². The Morgan fingerprint density at radius 1 is 1.26 bits per heavy atom. The fourth-order valence-corrected chi connectivity index (χ4v) is 2.11. The molecular weight excluding hydrogens is 255 g/mol. The first-order valence-electron chi connectivity index (χ1n) is 6.53. The third kappa shape index (κ3) is 3.52. The van der Waals surface area contributed by atoms with E-state index in [1.54, 1.807) is 0 Å². The number of alkyl halides is 3. The van der Waals surface area contributed by atoms with Crippen LogP contribution in [0.3, 0.4) is 0 Å². The van der Waals surface area contributed by atoms with Crippen molar-refractivity contribution >= 4 is 11.6 Å². The minimum absolute atomic E-state index is 0.258. The van der Waals surface area contributed by atoms with Gasteiger partial charge < -0.3 is 10.6 Å². The largest absolute Gasteiger partial charge is 0.416 e. The summed E-state index contributed by atoms with van der Waals surface area (Å²) >= 11 is 0. The molecule has 6 heteroatoms. The van der Waals surface area contributed by atoms with Crippen LogP contribution in [0.2, 0.25) is 0 Å². The monoisotopic (exact) mass is 273 g/mol. The van der Waals surface area contributed by atoms with E-state index in [2.05, 4.69) is 22.5 Å². The normalized spacial score (nSPS) is 22.2. The van der Waals surface area contributed by atoms with Gasteiger partial charge in [-0.15, -0.1) is 0 Å². The van der Waals surface area contributed by atoms with Gasteiger partial charge in [0, 0.05) is 12.6 Å². The van der Waals surface area contributed by atoms with E-state index in [1.165, 1.54) is 0 Å². The molecule has 3 nitrogen and oxygen atoms in total. The Hall–Kier alpha value is -1.46. The van der Waals surface area contributed by atoms with Gasteiger partial charge in [-0.1, -0.05) is 13.3 Å². The van der Waals surface area contributed by atoms with Gasteiger partial charge in [-0.25, -0.2) is 4.98 Å². The highest BCUT2D eigenvalue weighted by molar-refractivity contribution is 5.50. The molecule has 0 radical (unpaired) electrons. The molecule has 2 atom stereocenters. The second kappa shape index (κ2) is 5.27. The van der Waals surface area contributed by atoms with Gasteiger partial charge in [0.15, 0.2) is 0 Å². The third-order valence-corrected chi connectivity index (χ3v) is 3.29. The minimum Gasteiger partial charge on any atom is -0.370 e. The molecular formula is C13H18F3N3. The standard InChI is InChI=1S/C13H18F3N3/c1-3-8-5-10(8)18-12-7-9(13(14,15)16)6-11(19-12)17-4-2/h6-8,10H,3-5H2,1-2H3,(H2,17,18,19). The van der Waals surface area contributed by atoms with Crippen LogP contribution in [-0.4, -0.2) is 17.6 Å². The zero-order valence-corrected chi connectivity index (χ0v) is 11.0. The Morgan fingerprint density at radius 2 is 1.95 bits per heavy atom. The maximum atomic E-state index is 12.8. The lowest BCUT2D eigenvalue weighted by molar-refractivity contribution is -0.137. The van der Waals surface area contributed by atoms with Crippen molar-refractivity contribution in [1.82, 2.24) is 4.98 Å². The number of hydrogen-bond acceptors (Lipinski definition) is 3. The van der Waals surface area contributed by atoms with Gasteiger partial charge in [-0.05, 0) is 31.4 Å². The second-order valence-electron chi connectivity index (χ2n) is 4.81. The van der Waals surface area contributed by atoms with Crippen molar-refractivity contribution in [3.63, 3.8) is 0 Å². The van der Waals surface area contributed by atoms with Gasteiger partial charge in [0.25, 0.3) is 0 Å². The fraction of sp³-hybridized carbons (Fsp3) is 0.615. The van der Waals surface area contributed by atoms with Gasteiger partial charge in [0.05, 0.1) is 5.56 Å². The number of anilines is 2. The molecule has 1 aliphatic carbocycles. The quantitative estimate of drug-likeness (QED) is 0.858. The molecule has 1 heterocycles. The lowest BCUT2D eigenvalue weighted by Crippen LogP contribution is -2.12. The Bertz CT molecular complexity index is 445. The van der Waals surface area contributed by atoms with E-state index in [0.29, 0.717) is 18.3 Å². The first-order chi connectivity index (χ1) is 8.94. The van der Waals surface area contributed by atoms with Crippen molar-refractivity contribution in [2.24, 2.45) is 5.92 Å². The first-order valence-corrected chi connectivity index (χ1v) is 6.53. The smallest absolute Gasteiger partial charge is 0.370 e. The van der Waals surface area contributed by atoms with E-state index in [4.69, 9.17) is 0 Å². The molecule has 2 unspecified atom stereocenters. The lowest BCUT2D eigenvalue weighted by atomic mass is 10.2. The summed E-state index contributed by atoms with van der Waals surface area (Å²) in [5.74, 6) is 1.11. The highest BCUT2D eigenvalue weighted by atomic mass is 19.4. The minimum atomic E-state index is -4.35. The molecule has 106 valence electrons. The maximum absolute atomic E-state index is 12.8. The molecule has 1 aromatic heterocycles. The molecule has 1 aromatic rings. The summed E-state index contributed by atoms with van der Waals surface area (Å²) in [4.78, 5) is 4.16. The molecule has 1 saturated carbocycles. The number of nitrogens with zero attached hydrogens (tertiary/aromatic N) is 1. The van der Waals surface area contributed by atoms with E-state index in [0.717, 1.165) is 25.0 Å². The average Bonchev–Trinajstić information content (AvgIpc) is 3.06. The number of halogens is 3. The molecule has 2 N–H and O–H groups in total. The topological polar surface area (TPSA) is 37.0 Å². The Kier molecular flexibility index (Phi) is 3.87. The predicted molar refractivity (Wildman–Crippen MR) is 69.2 cm³/mol. The average molecular weight is 273 g/mol. The number of aromatic nitrogens is 1. The van der Waals surface area contributed by atoms with Crippen LogP contribution in [0.1, 0.15) is 32.3 Å². The van der Waals surface area contributed by atoms with Gasteiger partial charge in [0.2, 0.25) is 0 Å². The van der Waals surface area contributed by atoms with Crippen LogP contribution in [-0.2, 0) is 6.18 Å². The molecule has 0 saturated heterocycles. The summed E-state index contributed by atoms with van der Waals surface area (Å²) in [5.41, 5.74) is -0.672. The van der Waals surface area contributed by atoms with E-state index in [9.17, 15) is 13.2 Å². The summed E-state index contributed by atoms with van der Waals surface area (Å²) in [6, 6.07) is 2.38. The van der Waals surface area contributed by atoms with Crippen molar-refractivity contribution < 1.29 is 13.2 Å². The van der Waals surface area contributed by atoms with Gasteiger partial charge in [-0.3, -0.25) is 0 Å². The number of pyridine rings is 1. The number of hydrogen-bond donors (Lipinski definition) is 2. The molecule has 1 aliphatic rings. The highest BCUT2D eigenvalue weighted by Gasteiger charge is 2.36. The fourth-order valence-electron chi connectivity index (χ4n) is 2.11. The molecule has 0 bridgehead atoms. The number of rotatable bonds is 5. The Balaban J connectivity index is 2.19. The van der Waals surface area contributed by atoms with Crippen LogP contribution in [0.5, 0.6) is 0 Å². The lowest BCUT2D eigenvalue weighted by Gasteiger charge is -2.13. The maximum Gasteiger partial charge on any atom is 0.416 e. The van der Waals surface area contributed by atoms with Crippen molar-refractivity contribution in [2.45, 2.75) is 38.9 Å². The zero-order chi connectivity index (χ0) is 14.0. The van der Waals surface area contributed by atoms with Crippen LogP contribution in [0.4, 0.5) is 24.8 Å². The summed E-state index contributed by atoms with van der Waals surface area (Å²) in [7, 11) is 0. The summed E-state index contributed by atoms with van der Waals surface area (Å²) in [6.07, 6.45) is -2.31. The van der Waals surface area contributed by atoms with Crippen LogP contribution in [0.25, 0.3) is 0 Å². The zero-order valence-electron chi connectivity index (χ0n) is 11.0. The van der Waals surface area contributed by atoms with Gasteiger partial charge in [-0.2, -0.15) is 13.2 Å². The van der Waals surface area contributed by atoms with Gasteiger partial charge in [0.1, 0.15) is 11.6 Å². The van der Waals surface area contributed by atoms with Crippen LogP contribution in [0.15, 0.2) is 12.1 Å². The molecule has 0 aliphatic heterocycles. The molecule has 0 spiro atoms. The van der Waals surface area contributed by atoms with E-state index < -0.39 is 11.7 Å². The molecule has 1 fully saturated rings. The third-order valence-electron chi connectivity index (χ3n) is 3.29. The Morgan fingerprint density at radius 3 is 2.47 bits per heavy atom. The van der Waals surface area contributed by atoms with Crippen molar-refractivity contribution in [2.75, 3.05) is 17.2 Å². The molecule has 19 heavy (non-hydrogen) atoms. The summed E-state index contributed by atoms with van der Waals surface area (Å²) < 4.78 is 38.4. The summed E-state index contributed by atoms with van der Waals surface area (Å²) in [5, 5.41) is 5.91.